The molecule has 30 heavy (non-hydrogen) atoms. The molecule has 3 aromatic rings. The highest BCUT2D eigenvalue weighted by Crippen LogP contribution is 2.32. The van der Waals surface area contributed by atoms with Gasteiger partial charge in [0.05, 0.1) is 5.69 Å². The number of carbonyl (C=O) groups is 2. The normalized spacial score (nSPS) is 11.8. The number of benzene rings is 2. The number of rotatable bonds is 6. The standard InChI is InChI=1S/C20H16ClF2N3O3S/c1-26(2)20(28)17(29-14-8-7-12(22)15(16(14)23)18(24)27)19-25-13(9-30-19)10-3-5-11(21)6-4-10/h3-9,17H,1-2H3,(H2,24,27). The molecule has 2 aromatic carbocycles. The topological polar surface area (TPSA) is 85.5 Å². The highest BCUT2D eigenvalue weighted by atomic mass is 35.5. The summed E-state index contributed by atoms with van der Waals surface area (Å²) >= 11 is 7.04. The van der Waals surface area contributed by atoms with Crippen molar-refractivity contribution in [2.24, 2.45) is 5.73 Å². The summed E-state index contributed by atoms with van der Waals surface area (Å²) in [6.07, 6.45) is -1.31. The number of primary amides is 1. The minimum Gasteiger partial charge on any atom is -0.470 e. The lowest BCUT2D eigenvalue weighted by Gasteiger charge is -2.21. The van der Waals surface area contributed by atoms with E-state index in [1.165, 1.54) is 19.0 Å². The third-order valence-electron chi connectivity index (χ3n) is 4.10. The largest absolute Gasteiger partial charge is 0.470 e. The molecular formula is C20H16ClF2N3O3S. The van der Waals surface area contributed by atoms with Crippen LogP contribution < -0.4 is 10.5 Å². The zero-order valence-corrected chi connectivity index (χ0v) is 17.4. The molecule has 2 N–H and O–H groups in total. The van der Waals surface area contributed by atoms with Crippen LogP contribution in [0, 0.1) is 11.6 Å². The van der Waals surface area contributed by atoms with E-state index < -0.39 is 40.9 Å². The molecule has 1 atom stereocenters. The Morgan fingerprint density at radius 3 is 2.43 bits per heavy atom. The highest BCUT2D eigenvalue weighted by Gasteiger charge is 2.30. The molecule has 0 spiro atoms. The number of amides is 2. The number of aromatic nitrogens is 1. The molecule has 0 aliphatic carbocycles. The Hall–Kier alpha value is -3.04. The van der Waals surface area contributed by atoms with Crippen LogP contribution in [0.3, 0.4) is 0 Å². The maximum Gasteiger partial charge on any atom is 0.270 e. The van der Waals surface area contributed by atoms with Gasteiger partial charge in [-0.1, -0.05) is 23.7 Å². The van der Waals surface area contributed by atoms with Crippen molar-refractivity contribution in [3.8, 4) is 17.0 Å². The number of likely N-dealkylation sites (N-methyl/N-ethyl adjacent to an activating group) is 1. The Bertz CT molecular complexity index is 1100. The third kappa shape index (κ3) is 4.42. The first kappa shape index (κ1) is 21.7. The maximum atomic E-state index is 14.6. The van der Waals surface area contributed by atoms with E-state index in [0.29, 0.717) is 10.7 Å². The molecule has 0 bridgehead atoms. The minimum absolute atomic E-state index is 0.253. The van der Waals surface area contributed by atoms with Gasteiger partial charge in [-0.05, 0) is 24.3 Å². The summed E-state index contributed by atoms with van der Waals surface area (Å²) in [6.45, 7) is 0. The van der Waals surface area contributed by atoms with Crippen molar-refractivity contribution in [2.45, 2.75) is 6.10 Å². The quantitative estimate of drug-likeness (QED) is 0.612. The molecule has 0 saturated heterocycles. The van der Waals surface area contributed by atoms with E-state index in [4.69, 9.17) is 22.1 Å². The Labute approximate surface area is 179 Å². The lowest BCUT2D eigenvalue weighted by Crippen LogP contribution is -2.31. The monoisotopic (exact) mass is 451 g/mol. The first-order chi connectivity index (χ1) is 14.2. The van der Waals surface area contributed by atoms with Gasteiger partial charge in [-0.3, -0.25) is 9.59 Å². The lowest BCUT2D eigenvalue weighted by atomic mass is 10.1. The molecule has 1 heterocycles. The first-order valence-corrected chi connectivity index (χ1v) is 9.81. The zero-order chi connectivity index (χ0) is 22.0. The van der Waals surface area contributed by atoms with Gasteiger partial charge in [0, 0.05) is 30.1 Å². The highest BCUT2D eigenvalue weighted by molar-refractivity contribution is 7.10. The van der Waals surface area contributed by atoms with Crippen LogP contribution >= 0.6 is 22.9 Å². The Kier molecular flexibility index (Phi) is 6.33. The fourth-order valence-electron chi connectivity index (χ4n) is 2.58. The van der Waals surface area contributed by atoms with Crippen LogP contribution in [0.15, 0.2) is 41.8 Å². The van der Waals surface area contributed by atoms with Crippen molar-refractivity contribution in [1.29, 1.82) is 0 Å². The van der Waals surface area contributed by atoms with Gasteiger partial charge in [0.25, 0.3) is 11.8 Å². The van der Waals surface area contributed by atoms with E-state index >= 15 is 0 Å². The van der Waals surface area contributed by atoms with Crippen molar-refractivity contribution >= 4 is 34.8 Å². The molecule has 0 aliphatic heterocycles. The second-order valence-electron chi connectivity index (χ2n) is 6.41. The Morgan fingerprint density at radius 2 is 1.83 bits per heavy atom. The molecule has 3 rings (SSSR count). The van der Waals surface area contributed by atoms with Crippen LogP contribution in [0.1, 0.15) is 21.5 Å². The fraction of sp³-hybridized carbons (Fsp3) is 0.150. The molecule has 156 valence electrons. The molecule has 6 nitrogen and oxygen atoms in total. The van der Waals surface area contributed by atoms with Crippen molar-refractivity contribution < 1.29 is 23.1 Å². The van der Waals surface area contributed by atoms with Gasteiger partial charge in [0.2, 0.25) is 6.10 Å². The molecule has 2 amide bonds. The number of nitrogens with zero attached hydrogens (tertiary/aromatic N) is 2. The average molecular weight is 452 g/mol. The smallest absolute Gasteiger partial charge is 0.270 e. The van der Waals surface area contributed by atoms with Gasteiger partial charge >= 0.3 is 0 Å². The number of hydrogen-bond acceptors (Lipinski definition) is 5. The van der Waals surface area contributed by atoms with E-state index in [9.17, 15) is 18.4 Å². The summed E-state index contributed by atoms with van der Waals surface area (Å²) in [4.78, 5) is 29.8. The SMILES string of the molecule is CN(C)C(=O)C(Oc1ccc(F)c(C(N)=O)c1F)c1nc(-c2ccc(Cl)cc2)cs1. The van der Waals surface area contributed by atoms with Crippen molar-refractivity contribution in [3.05, 3.63) is 69.0 Å². The second kappa shape index (κ2) is 8.76. The molecule has 0 aliphatic rings. The molecule has 1 aromatic heterocycles. The first-order valence-electron chi connectivity index (χ1n) is 8.56. The van der Waals surface area contributed by atoms with Crippen molar-refractivity contribution in [1.82, 2.24) is 9.88 Å². The minimum atomic E-state index is -1.31. The van der Waals surface area contributed by atoms with Crippen molar-refractivity contribution in [3.63, 3.8) is 0 Å². The van der Waals surface area contributed by atoms with Crippen LogP contribution in [0.4, 0.5) is 8.78 Å². The number of thiazole rings is 1. The van der Waals surface area contributed by atoms with Crippen molar-refractivity contribution in [2.75, 3.05) is 14.1 Å². The van der Waals surface area contributed by atoms with Gasteiger partial charge in [0.1, 0.15) is 16.4 Å². The van der Waals surface area contributed by atoms with E-state index in [1.807, 2.05) is 0 Å². The van der Waals surface area contributed by atoms with E-state index in [2.05, 4.69) is 4.98 Å². The predicted octanol–water partition coefficient (Wildman–Crippen LogP) is 4.05. The van der Waals surface area contributed by atoms with Gasteiger partial charge in [-0.15, -0.1) is 11.3 Å². The van der Waals surface area contributed by atoms with Crippen LogP contribution in [0.25, 0.3) is 11.3 Å². The van der Waals surface area contributed by atoms with Gasteiger partial charge < -0.3 is 15.4 Å². The van der Waals surface area contributed by atoms with E-state index in [0.717, 1.165) is 29.0 Å². The average Bonchev–Trinajstić information content (AvgIpc) is 3.17. The number of nitrogens with two attached hydrogens (primary N) is 1. The number of hydrogen-bond donors (Lipinski definition) is 1. The molecule has 1 unspecified atom stereocenters. The van der Waals surface area contributed by atoms with Gasteiger partial charge in [0.15, 0.2) is 11.6 Å². The molecule has 0 fully saturated rings. The van der Waals surface area contributed by atoms with E-state index in [1.54, 1.807) is 29.6 Å². The van der Waals surface area contributed by atoms with Crippen LogP contribution in [-0.4, -0.2) is 35.8 Å². The molecule has 0 saturated carbocycles. The van der Waals surface area contributed by atoms with Crippen LogP contribution in [0.5, 0.6) is 5.75 Å². The Morgan fingerprint density at radius 1 is 1.17 bits per heavy atom. The van der Waals surface area contributed by atoms with E-state index in [-0.39, 0.29) is 5.01 Å². The number of ether oxygens (including phenoxy) is 1. The summed E-state index contributed by atoms with van der Waals surface area (Å²) in [5.74, 6) is -4.70. The van der Waals surface area contributed by atoms with Crippen LogP contribution in [0.2, 0.25) is 5.02 Å². The third-order valence-corrected chi connectivity index (χ3v) is 5.24. The zero-order valence-electron chi connectivity index (χ0n) is 15.9. The van der Waals surface area contributed by atoms with Crippen LogP contribution in [-0.2, 0) is 4.79 Å². The summed E-state index contributed by atoms with van der Waals surface area (Å²) in [7, 11) is 3.00. The molecule has 0 radical (unpaired) electrons. The Balaban J connectivity index is 2.00. The lowest BCUT2D eigenvalue weighted by molar-refractivity contribution is -0.136. The van der Waals surface area contributed by atoms with Gasteiger partial charge in [-0.2, -0.15) is 0 Å². The summed E-state index contributed by atoms with van der Waals surface area (Å²) in [6, 6.07) is 8.77. The number of halogens is 3. The summed E-state index contributed by atoms with van der Waals surface area (Å²) in [5.41, 5.74) is 5.44. The molecule has 10 heteroatoms. The summed E-state index contributed by atoms with van der Waals surface area (Å²) in [5, 5.41) is 2.53. The predicted molar refractivity (Wildman–Crippen MR) is 109 cm³/mol. The number of carbonyl (C=O) groups excluding carboxylic acids is 2. The maximum absolute atomic E-state index is 14.6. The van der Waals surface area contributed by atoms with Gasteiger partial charge in [-0.25, -0.2) is 13.8 Å². The molecular weight excluding hydrogens is 436 g/mol. The summed E-state index contributed by atoms with van der Waals surface area (Å²) < 4.78 is 33.9. The fourth-order valence-corrected chi connectivity index (χ4v) is 3.55. The second-order valence-corrected chi connectivity index (χ2v) is 7.73.